The number of nitrogens with one attached hydrogen (secondary N) is 2. The zero-order valence-electron chi connectivity index (χ0n) is 28.5. The molecule has 0 radical (unpaired) electrons. The second-order valence-corrected chi connectivity index (χ2v) is 15.3. The second kappa shape index (κ2) is 12.1. The molecule has 2 aliphatic heterocycles. The SMILES string of the molecule is COc1cc(C(=O)N2C[C@H]3CC[C@@H]2[C@@H]3NC(=O)OC(C)(C)C)cc2nc(-c3cc4cccnc4n3CC3CC3)n(CC3CCNCC3)c12. The number of ether oxygens (including phenoxy) is 2. The van der Waals surface area contributed by atoms with Crippen LogP contribution in [0.4, 0.5) is 4.79 Å². The molecule has 2 saturated carbocycles. The van der Waals surface area contributed by atoms with Crippen molar-refractivity contribution in [3.8, 4) is 17.3 Å². The molecule has 0 spiro atoms. The quantitative estimate of drug-likeness (QED) is 0.255. The van der Waals surface area contributed by atoms with Crippen molar-refractivity contribution in [2.45, 2.75) is 90.1 Å². The maximum Gasteiger partial charge on any atom is 0.407 e. The lowest BCUT2D eigenvalue weighted by Gasteiger charge is -2.28. The minimum absolute atomic E-state index is 0.0557. The number of likely N-dealkylation sites (tertiary alicyclic amines) is 1. The number of rotatable bonds is 8. The third kappa shape index (κ3) is 5.80. The number of pyridine rings is 1. The number of fused-ring (bicyclic) bond motifs is 4. The number of piperidine rings is 2. The summed E-state index contributed by atoms with van der Waals surface area (Å²) < 4.78 is 16.3. The molecule has 0 unspecified atom stereocenters. The summed E-state index contributed by atoms with van der Waals surface area (Å²) in [6.07, 6.45) is 7.94. The van der Waals surface area contributed by atoms with E-state index in [4.69, 9.17) is 19.4 Å². The van der Waals surface area contributed by atoms with Crippen LogP contribution in [0.2, 0.25) is 0 Å². The van der Waals surface area contributed by atoms with Gasteiger partial charge in [-0.1, -0.05) is 0 Å². The first-order chi connectivity index (χ1) is 23.2. The largest absolute Gasteiger partial charge is 0.494 e. The van der Waals surface area contributed by atoms with Crippen molar-refractivity contribution in [2.75, 3.05) is 26.7 Å². The lowest BCUT2D eigenvalue weighted by atomic mass is 9.98. The van der Waals surface area contributed by atoms with Crippen molar-refractivity contribution in [1.82, 2.24) is 34.6 Å². The van der Waals surface area contributed by atoms with E-state index in [9.17, 15) is 9.59 Å². The van der Waals surface area contributed by atoms with E-state index in [1.807, 2.05) is 50.1 Å². The summed E-state index contributed by atoms with van der Waals surface area (Å²) >= 11 is 0. The molecule has 254 valence electrons. The van der Waals surface area contributed by atoms with Crippen LogP contribution in [0.15, 0.2) is 36.5 Å². The van der Waals surface area contributed by atoms with Gasteiger partial charge in [-0.2, -0.15) is 0 Å². The fraction of sp³-hybridized carbons (Fsp3) is 0.568. The molecule has 48 heavy (non-hydrogen) atoms. The van der Waals surface area contributed by atoms with Gasteiger partial charge in [-0.3, -0.25) is 4.79 Å². The van der Waals surface area contributed by atoms with E-state index in [-0.39, 0.29) is 23.9 Å². The first kappa shape index (κ1) is 31.2. The molecule has 4 aliphatic rings. The van der Waals surface area contributed by atoms with Gasteiger partial charge in [0.05, 0.1) is 30.4 Å². The first-order valence-corrected chi connectivity index (χ1v) is 17.7. The highest BCUT2D eigenvalue weighted by atomic mass is 16.6. The smallest absolute Gasteiger partial charge is 0.407 e. The first-order valence-electron chi connectivity index (χ1n) is 17.7. The van der Waals surface area contributed by atoms with Gasteiger partial charge in [0, 0.05) is 36.8 Å². The molecule has 8 rings (SSSR count). The number of carbonyl (C=O) groups excluding carboxylic acids is 2. The van der Waals surface area contributed by atoms with Crippen LogP contribution in [0.1, 0.15) is 69.7 Å². The molecule has 2 bridgehead atoms. The lowest BCUT2D eigenvalue weighted by molar-refractivity contribution is 0.0485. The van der Waals surface area contributed by atoms with Crippen molar-refractivity contribution in [1.29, 1.82) is 0 Å². The average molecular weight is 654 g/mol. The highest BCUT2D eigenvalue weighted by molar-refractivity contribution is 6.00. The van der Waals surface area contributed by atoms with Gasteiger partial charge in [0.25, 0.3) is 5.91 Å². The molecule has 2 amide bonds. The Morgan fingerprint density at radius 1 is 1.00 bits per heavy atom. The molecule has 2 N–H and O–H groups in total. The Balaban J connectivity index is 1.18. The zero-order valence-corrected chi connectivity index (χ0v) is 28.5. The predicted octanol–water partition coefficient (Wildman–Crippen LogP) is 5.60. The normalized spacial score (nSPS) is 22.9. The molecule has 4 aromatic rings. The van der Waals surface area contributed by atoms with E-state index in [2.05, 4.69) is 31.9 Å². The van der Waals surface area contributed by atoms with Crippen molar-refractivity contribution >= 4 is 34.1 Å². The zero-order chi connectivity index (χ0) is 33.2. The molecular weight excluding hydrogens is 606 g/mol. The number of benzene rings is 1. The molecule has 1 aromatic carbocycles. The van der Waals surface area contributed by atoms with E-state index in [1.165, 1.54) is 12.8 Å². The third-order valence-corrected chi connectivity index (χ3v) is 10.7. The third-order valence-electron chi connectivity index (χ3n) is 10.7. The molecule has 3 atom stereocenters. The Kier molecular flexibility index (Phi) is 7.85. The standard InChI is InChI=1S/C37H47N7O4/c1-37(2,3)48-36(46)41-31-25-9-10-28(31)43(21-25)35(45)26-16-27-32(30(18-26)47-4)44(20-23-11-14-38-15-12-23)34(40-27)29-17-24-6-5-13-39-33(24)42(29)19-22-7-8-22/h5-6,13,16-18,22-23,25,28,31,38H,7-12,14-15,19-21H2,1-4H3,(H,41,46)/t25-,28-,31-/m1/s1. The summed E-state index contributed by atoms with van der Waals surface area (Å²) in [6, 6.07) is 9.98. The monoisotopic (exact) mass is 653 g/mol. The van der Waals surface area contributed by atoms with Crippen LogP contribution in [0.3, 0.4) is 0 Å². The Morgan fingerprint density at radius 2 is 1.77 bits per heavy atom. The summed E-state index contributed by atoms with van der Waals surface area (Å²) in [5, 5.41) is 7.69. The van der Waals surface area contributed by atoms with Gasteiger partial charge < -0.3 is 34.1 Å². The van der Waals surface area contributed by atoms with Crippen molar-refractivity contribution in [3.63, 3.8) is 0 Å². The van der Waals surface area contributed by atoms with Crippen LogP contribution in [0.5, 0.6) is 5.75 Å². The van der Waals surface area contributed by atoms with E-state index in [1.54, 1.807) is 7.11 Å². The number of aromatic nitrogens is 4. The highest BCUT2D eigenvalue weighted by Gasteiger charge is 2.50. The van der Waals surface area contributed by atoms with Crippen molar-refractivity contribution in [2.24, 2.45) is 17.8 Å². The maximum absolute atomic E-state index is 14.3. The molecule has 11 heteroatoms. The summed E-state index contributed by atoms with van der Waals surface area (Å²) in [4.78, 5) is 39.0. The maximum atomic E-state index is 14.3. The predicted molar refractivity (Wildman–Crippen MR) is 184 cm³/mol. The van der Waals surface area contributed by atoms with Crippen LogP contribution in [0.25, 0.3) is 33.6 Å². The van der Waals surface area contributed by atoms with E-state index < -0.39 is 11.7 Å². The number of alkyl carbamates (subject to hydrolysis) is 1. The molecule has 2 saturated heterocycles. The van der Waals surface area contributed by atoms with Gasteiger partial charge in [-0.25, -0.2) is 14.8 Å². The molecule has 2 aliphatic carbocycles. The van der Waals surface area contributed by atoms with Gasteiger partial charge >= 0.3 is 6.09 Å². The van der Waals surface area contributed by atoms with E-state index in [0.29, 0.717) is 29.7 Å². The van der Waals surface area contributed by atoms with Gasteiger partial charge in [0.15, 0.2) is 5.82 Å². The van der Waals surface area contributed by atoms with Crippen molar-refractivity contribution < 1.29 is 19.1 Å². The summed E-state index contributed by atoms with van der Waals surface area (Å²) in [6.45, 7) is 9.94. The number of carbonyl (C=O) groups is 2. The van der Waals surface area contributed by atoms with Crippen LogP contribution >= 0.6 is 0 Å². The fourth-order valence-corrected chi connectivity index (χ4v) is 8.28. The van der Waals surface area contributed by atoms with Gasteiger partial charge in [-0.15, -0.1) is 0 Å². The van der Waals surface area contributed by atoms with Gasteiger partial charge in [-0.05, 0) is 120 Å². The number of nitrogens with zero attached hydrogens (tertiary/aromatic N) is 5. The topological polar surface area (TPSA) is 116 Å². The minimum Gasteiger partial charge on any atom is -0.494 e. The van der Waals surface area contributed by atoms with Gasteiger partial charge in [0.2, 0.25) is 0 Å². The van der Waals surface area contributed by atoms with Crippen molar-refractivity contribution in [3.05, 3.63) is 42.1 Å². The lowest BCUT2D eigenvalue weighted by Crippen LogP contribution is -2.46. The number of amides is 2. The van der Waals surface area contributed by atoms with E-state index in [0.717, 1.165) is 85.4 Å². The summed E-state index contributed by atoms with van der Waals surface area (Å²) in [5.74, 6) is 2.86. The highest BCUT2D eigenvalue weighted by Crippen LogP contribution is 2.41. The second-order valence-electron chi connectivity index (χ2n) is 15.3. The number of imidazole rings is 1. The number of hydrogen-bond acceptors (Lipinski definition) is 7. The van der Waals surface area contributed by atoms with Crippen LogP contribution in [-0.4, -0.2) is 80.4 Å². The van der Waals surface area contributed by atoms with Crippen LogP contribution < -0.4 is 15.4 Å². The Labute approximate surface area is 281 Å². The molecule has 5 heterocycles. The number of hydrogen-bond donors (Lipinski definition) is 2. The van der Waals surface area contributed by atoms with Gasteiger partial charge in [0.1, 0.15) is 22.5 Å². The Morgan fingerprint density at radius 3 is 2.52 bits per heavy atom. The van der Waals surface area contributed by atoms with Crippen LogP contribution in [0, 0.1) is 17.8 Å². The Bertz CT molecular complexity index is 1860. The summed E-state index contributed by atoms with van der Waals surface area (Å²) in [7, 11) is 1.68. The molecule has 3 aromatic heterocycles. The fourth-order valence-electron chi connectivity index (χ4n) is 8.28. The average Bonchev–Trinajstić information content (AvgIpc) is 3.38. The minimum atomic E-state index is -0.581. The molecule has 4 fully saturated rings. The summed E-state index contributed by atoms with van der Waals surface area (Å²) in [5.41, 5.74) is 3.70. The number of methoxy groups -OCH3 is 1. The molecule has 11 nitrogen and oxygen atoms in total. The Hall–Kier alpha value is -4.12. The van der Waals surface area contributed by atoms with Crippen LogP contribution in [-0.2, 0) is 17.8 Å². The molecular formula is C37H47N7O4. The van der Waals surface area contributed by atoms with E-state index >= 15 is 0 Å².